The Kier molecular flexibility index (Phi) is 5.70. The smallest absolute Gasteiger partial charge is 0.269 e. The summed E-state index contributed by atoms with van der Waals surface area (Å²) in [4.78, 5) is 33.9. The number of hydrogen-bond donors (Lipinski definition) is 2. The van der Waals surface area contributed by atoms with E-state index in [4.69, 9.17) is 0 Å². The van der Waals surface area contributed by atoms with E-state index in [9.17, 15) is 9.59 Å². The van der Waals surface area contributed by atoms with Crippen LogP contribution in [-0.2, 0) is 4.79 Å². The molecule has 1 aromatic carbocycles. The van der Waals surface area contributed by atoms with Crippen LogP contribution in [0.4, 0.5) is 0 Å². The van der Waals surface area contributed by atoms with Crippen LogP contribution in [-0.4, -0.2) is 42.9 Å². The van der Waals surface area contributed by atoms with Gasteiger partial charge in [-0.2, -0.15) is 10.1 Å². The van der Waals surface area contributed by atoms with Crippen LogP contribution < -0.4 is 10.9 Å². The number of aromatic nitrogens is 5. The van der Waals surface area contributed by atoms with Crippen LogP contribution in [0.5, 0.6) is 0 Å². The zero-order valence-corrected chi connectivity index (χ0v) is 16.2. The Hall–Kier alpha value is -2.68. The highest BCUT2D eigenvalue weighted by atomic mass is 32.2. The van der Waals surface area contributed by atoms with E-state index in [0.717, 1.165) is 6.54 Å². The topological polar surface area (TPSA) is 106 Å². The van der Waals surface area contributed by atoms with E-state index >= 15 is 0 Å². The van der Waals surface area contributed by atoms with Crippen LogP contribution in [0.1, 0.15) is 32.1 Å². The number of para-hydroxylation sites is 1. The second-order valence-electron chi connectivity index (χ2n) is 6.96. The summed E-state index contributed by atoms with van der Waals surface area (Å²) >= 11 is 1.22. The summed E-state index contributed by atoms with van der Waals surface area (Å²) in [5.74, 6) is 0.996. The highest BCUT2D eigenvalue weighted by Gasteiger charge is 2.17. The first-order chi connectivity index (χ1) is 13.7. The van der Waals surface area contributed by atoms with Gasteiger partial charge in [-0.1, -0.05) is 43.2 Å². The molecule has 1 fully saturated rings. The van der Waals surface area contributed by atoms with Crippen molar-refractivity contribution in [1.29, 1.82) is 0 Å². The molecule has 0 atom stereocenters. The maximum atomic E-state index is 12.9. The minimum absolute atomic E-state index is 0.0536. The number of amides is 1. The van der Waals surface area contributed by atoms with Crippen molar-refractivity contribution in [2.75, 3.05) is 12.3 Å². The van der Waals surface area contributed by atoms with Gasteiger partial charge in [-0.25, -0.2) is 14.6 Å². The molecule has 1 saturated carbocycles. The minimum Gasteiger partial charge on any atom is -0.355 e. The number of rotatable bonds is 6. The molecule has 146 valence electrons. The fraction of sp³-hybridized carbons (Fsp3) is 0.421. The molecular formula is C19H22N6O2S. The molecule has 3 aromatic rings. The molecule has 2 N–H and O–H groups in total. The van der Waals surface area contributed by atoms with Gasteiger partial charge in [-0.15, -0.1) is 0 Å². The maximum Gasteiger partial charge on any atom is 0.269 e. The van der Waals surface area contributed by atoms with Gasteiger partial charge in [0.15, 0.2) is 5.16 Å². The molecule has 28 heavy (non-hydrogen) atoms. The lowest BCUT2D eigenvalue weighted by Crippen LogP contribution is -2.31. The summed E-state index contributed by atoms with van der Waals surface area (Å²) in [6.07, 6.45) is 7.50. The third kappa shape index (κ3) is 4.09. The minimum atomic E-state index is -0.243. The van der Waals surface area contributed by atoms with Crippen LogP contribution >= 0.6 is 11.8 Å². The number of thioether (sulfide) groups is 1. The average Bonchev–Trinajstić information content (AvgIpc) is 3.26. The standard InChI is InChI=1S/C19H22N6O2S/c26-16(20-10-13-6-2-1-3-7-13)11-28-19-23-15-9-5-4-8-14(15)17(27)25(19)18-21-12-22-24-18/h4-5,8-9,12-13H,1-3,6-7,10-11H2,(H,20,26)(H,21,22,24). The summed E-state index contributed by atoms with van der Waals surface area (Å²) in [5, 5.41) is 10.4. The molecule has 9 heteroatoms. The van der Waals surface area contributed by atoms with Crippen molar-refractivity contribution >= 4 is 28.6 Å². The number of hydrogen-bond acceptors (Lipinski definition) is 6. The van der Waals surface area contributed by atoms with Gasteiger partial charge < -0.3 is 5.32 Å². The van der Waals surface area contributed by atoms with Crippen LogP contribution in [0.15, 0.2) is 40.5 Å². The van der Waals surface area contributed by atoms with Crippen molar-refractivity contribution in [2.24, 2.45) is 5.92 Å². The molecule has 0 saturated heterocycles. The van der Waals surface area contributed by atoms with Gasteiger partial charge in [0.05, 0.1) is 16.7 Å². The molecule has 0 aliphatic heterocycles. The van der Waals surface area contributed by atoms with E-state index in [2.05, 4.69) is 25.5 Å². The molecule has 1 aliphatic carbocycles. The fourth-order valence-electron chi connectivity index (χ4n) is 3.53. The molecule has 0 bridgehead atoms. The third-order valence-corrected chi connectivity index (χ3v) is 5.94. The molecular weight excluding hydrogens is 376 g/mol. The highest BCUT2D eigenvalue weighted by Crippen LogP contribution is 2.23. The second-order valence-corrected chi connectivity index (χ2v) is 7.90. The van der Waals surface area contributed by atoms with Crippen molar-refractivity contribution < 1.29 is 4.79 Å². The quantitative estimate of drug-likeness (QED) is 0.487. The number of H-pyrrole nitrogens is 1. The summed E-state index contributed by atoms with van der Waals surface area (Å²) in [7, 11) is 0. The predicted molar refractivity (Wildman–Crippen MR) is 108 cm³/mol. The summed E-state index contributed by atoms with van der Waals surface area (Å²) in [6, 6.07) is 7.14. The largest absolute Gasteiger partial charge is 0.355 e. The number of benzene rings is 1. The zero-order valence-electron chi connectivity index (χ0n) is 15.4. The Morgan fingerprint density at radius 2 is 2.07 bits per heavy atom. The van der Waals surface area contributed by atoms with E-state index < -0.39 is 0 Å². The average molecular weight is 398 g/mol. The number of carbonyl (C=O) groups is 1. The lowest BCUT2D eigenvalue weighted by atomic mass is 9.89. The monoisotopic (exact) mass is 398 g/mol. The van der Waals surface area contributed by atoms with Gasteiger partial charge in [0.1, 0.15) is 6.33 Å². The normalized spacial score (nSPS) is 15.0. The first-order valence-corrected chi connectivity index (χ1v) is 10.5. The van der Waals surface area contributed by atoms with Crippen molar-refractivity contribution in [2.45, 2.75) is 37.3 Å². The zero-order chi connectivity index (χ0) is 19.3. The van der Waals surface area contributed by atoms with E-state index in [1.54, 1.807) is 18.2 Å². The lowest BCUT2D eigenvalue weighted by molar-refractivity contribution is -0.118. The summed E-state index contributed by atoms with van der Waals surface area (Å²) < 4.78 is 1.37. The number of fused-ring (bicyclic) bond motifs is 1. The van der Waals surface area contributed by atoms with Gasteiger partial charge in [-0.3, -0.25) is 9.59 Å². The molecule has 2 aromatic heterocycles. The van der Waals surface area contributed by atoms with Crippen molar-refractivity contribution in [3.63, 3.8) is 0 Å². The highest BCUT2D eigenvalue weighted by molar-refractivity contribution is 7.99. The maximum absolute atomic E-state index is 12.9. The number of nitrogens with zero attached hydrogens (tertiary/aromatic N) is 4. The molecule has 0 spiro atoms. The molecule has 1 aliphatic rings. The van der Waals surface area contributed by atoms with Gasteiger partial charge in [0.25, 0.3) is 5.56 Å². The number of nitrogens with one attached hydrogen (secondary N) is 2. The summed E-state index contributed by atoms with van der Waals surface area (Å²) in [5.41, 5.74) is 0.348. The molecule has 8 nitrogen and oxygen atoms in total. The SMILES string of the molecule is O=C(CSc1nc2ccccc2c(=O)n1-c1ncn[nH]1)NCC1CCCCC1. The van der Waals surface area contributed by atoms with Crippen LogP contribution in [0.3, 0.4) is 0 Å². The van der Waals surface area contributed by atoms with Gasteiger partial charge >= 0.3 is 0 Å². The summed E-state index contributed by atoms with van der Waals surface area (Å²) in [6.45, 7) is 0.722. The second kappa shape index (κ2) is 8.55. The first-order valence-electron chi connectivity index (χ1n) is 9.49. The first kappa shape index (κ1) is 18.7. The van der Waals surface area contributed by atoms with Gasteiger partial charge in [0, 0.05) is 6.54 Å². The van der Waals surface area contributed by atoms with Crippen molar-refractivity contribution in [3.8, 4) is 5.95 Å². The molecule has 0 unspecified atom stereocenters. The van der Waals surface area contributed by atoms with E-state index in [-0.39, 0.29) is 23.2 Å². The lowest BCUT2D eigenvalue weighted by Gasteiger charge is -2.21. The Morgan fingerprint density at radius 3 is 2.86 bits per heavy atom. The van der Waals surface area contributed by atoms with E-state index in [1.807, 2.05) is 6.07 Å². The molecule has 0 radical (unpaired) electrons. The third-order valence-electron chi connectivity index (χ3n) is 5.00. The van der Waals surface area contributed by atoms with Gasteiger partial charge in [0.2, 0.25) is 11.9 Å². The van der Waals surface area contributed by atoms with Crippen LogP contribution in [0.2, 0.25) is 0 Å². The van der Waals surface area contributed by atoms with Gasteiger partial charge in [-0.05, 0) is 30.9 Å². The van der Waals surface area contributed by atoms with Crippen molar-refractivity contribution in [3.05, 3.63) is 40.9 Å². The van der Waals surface area contributed by atoms with E-state index in [0.29, 0.717) is 22.0 Å². The molecule has 2 heterocycles. The number of aromatic amines is 1. The van der Waals surface area contributed by atoms with Crippen LogP contribution in [0.25, 0.3) is 16.9 Å². The number of carbonyl (C=O) groups excluding carboxylic acids is 1. The Morgan fingerprint density at radius 1 is 1.25 bits per heavy atom. The Labute approximate surface area is 166 Å². The van der Waals surface area contributed by atoms with E-state index in [1.165, 1.54) is 54.8 Å². The Balaban J connectivity index is 1.52. The van der Waals surface area contributed by atoms with Crippen molar-refractivity contribution in [1.82, 2.24) is 30.0 Å². The predicted octanol–water partition coefficient (Wildman–Crippen LogP) is 2.29. The molecule has 1 amide bonds. The fourth-order valence-corrected chi connectivity index (χ4v) is 4.36. The Bertz CT molecular complexity index is 1010. The van der Waals surface area contributed by atoms with Crippen LogP contribution in [0, 0.1) is 5.92 Å². The molecule has 4 rings (SSSR count).